The maximum absolute atomic E-state index is 11.7. The molecule has 1 saturated heterocycles. The molecule has 1 aliphatic rings. The molecular formula is C12H12ClNO3. The Bertz CT molecular complexity index is 487. The third-order valence-corrected chi connectivity index (χ3v) is 2.99. The van der Waals surface area contributed by atoms with Gasteiger partial charge in [0.15, 0.2) is 0 Å². The van der Waals surface area contributed by atoms with E-state index in [2.05, 4.69) is 0 Å². The molecule has 0 aromatic heterocycles. The number of amides is 1. The topological polar surface area (TPSA) is 57.6 Å². The number of carbonyl (C=O) groups excluding carboxylic acids is 1. The van der Waals surface area contributed by atoms with E-state index < -0.39 is 5.97 Å². The highest BCUT2D eigenvalue weighted by molar-refractivity contribution is 6.24. The normalized spacial score (nSPS) is 19.8. The Hall–Kier alpha value is -1.55. The average Bonchev–Trinajstić information content (AvgIpc) is 2.57. The number of carboxylic acids is 1. The molecule has 0 spiro atoms. The van der Waals surface area contributed by atoms with Crippen molar-refractivity contribution in [1.82, 2.24) is 0 Å². The van der Waals surface area contributed by atoms with E-state index in [1.54, 1.807) is 19.1 Å². The zero-order valence-corrected chi connectivity index (χ0v) is 10.1. The first-order valence-electron chi connectivity index (χ1n) is 5.27. The van der Waals surface area contributed by atoms with Gasteiger partial charge in [0.2, 0.25) is 5.91 Å². The molecule has 1 aliphatic heterocycles. The number of nitrogens with zero attached hydrogens (tertiary/aromatic N) is 1. The van der Waals surface area contributed by atoms with Gasteiger partial charge in [0.1, 0.15) is 0 Å². The second kappa shape index (κ2) is 4.37. The van der Waals surface area contributed by atoms with Gasteiger partial charge in [-0.3, -0.25) is 4.79 Å². The Kier molecular flexibility index (Phi) is 3.07. The van der Waals surface area contributed by atoms with Crippen molar-refractivity contribution in [3.8, 4) is 0 Å². The van der Waals surface area contributed by atoms with Gasteiger partial charge < -0.3 is 10.0 Å². The number of benzene rings is 1. The largest absolute Gasteiger partial charge is 0.478 e. The van der Waals surface area contributed by atoms with Gasteiger partial charge >= 0.3 is 5.97 Å². The first-order chi connectivity index (χ1) is 7.97. The van der Waals surface area contributed by atoms with Crippen LogP contribution in [0.25, 0.3) is 0 Å². The predicted octanol–water partition coefficient (Wildman–Crippen LogP) is 2.04. The number of hydrogen-bond acceptors (Lipinski definition) is 2. The Morgan fingerprint density at radius 1 is 1.47 bits per heavy atom. The van der Waals surface area contributed by atoms with Crippen LogP contribution in [0.3, 0.4) is 0 Å². The van der Waals surface area contributed by atoms with E-state index >= 15 is 0 Å². The van der Waals surface area contributed by atoms with Crippen LogP contribution < -0.4 is 4.90 Å². The van der Waals surface area contributed by atoms with Crippen molar-refractivity contribution in [3.63, 3.8) is 0 Å². The first kappa shape index (κ1) is 11.9. The van der Waals surface area contributed by atoms with E-state index in [-0.39, 0.29) is 16.8 Å². The Morgan fingerprint density at radius 3 is 2.71 bits per heavy atom. The van der Waals surface area contributed by atoms with E-state index in [0.717, 1.165) is 5.56 Å². The van der Waals surface area contributed by atoms with Gasteiger partial charge in [-0.05, 0) is 30.7 Å². The molecule has 1 fully saturated rings. The van der Waals surface area contributed by atoms with E-state index in [4.69, 9.17) is 16.7 Å². The summed E-state index contributed by atoms with van der Waals surface area (Å²) in [5.74, 6) is -1.06. The Balaban J connectivity index is 2.39. The summed E-state index contributed by atoms with van der Waals surface area (Å²) in [6, 6.07) is 4.87. The number of rotatable bonds is 2. The fraction of sp³-hybridized carbons (Fsp3) is 0.333. The molecule has 1 unspecified atom stereocenters. The average molecular weight is 254 g/mol. The van der Waals surface area contributed by atoms with Gasteiger partial charge in [0.25, 0.3) is 0 Å². The summed E-state index contributed by atoms with van der Waals surface area (Å²) in [5.41, 5.74) is 1.60. The molecule has 90 valence electrons. The number of aryl methyl sites for hydroxylation is 1. The second-order valence-electron chi connectivity index (χ2n) is 4.17. The van der Waals surface area contributed by atoms with Crippen LogP contribution in [0, 0.1) is 6.92 Å². The molecule has 17 heavy (non-hydrogen) atoms. The molecule has 1 amide bonds. The van der Waals surface area contributed by atoms with Gasteiger partial charge in [-0.15, -0.1) is 11.6 Å². The number of carbonyl (C=O) groups is 2. The van der Waals surface area contributed by atoms with E-state index in [9.17, 15) is 9.59 Å². The number of halogens is 1. The van der Waals surface area contributed by atoms with Crippen LogP contribution in [-0.4, -0.2) is 28.9 Å². The highest BCUT2D eigenvalue weighted by Crippen LogP contribution is 2.26. The minimum absolute atomic E-state index is 0.0630. The standard InChI is InChI=1S/C12H12ClNO3/c1-7-2-8(12(16)17)4-10(3-7)14-6-9(13)5-11(14)15/h2-4,9H,5-6H2,1H3,(H,16,17). The lowest BCUT2D eigenvalue weighted by Crippen LogP contribution is -2.25. The highest BCUT2D eigenvalue weighted by Gasteiger charge is 2.29. The quantitative estimate of drug-likeness (QED) is 0.821. The van der Waals surface area contributed by atoms with Gasteiger partial charge in [-0.25, -0.2) is 4.79 Å². The SMILES string of the molecule is Cc1cc(C(=O)O)cc(N2CC(Cl)CC2=O)c1. The molecule has 0 saturated carbocycles. The molecular weight excluding hydrogens is 242 g/mol. The van der Waals surface area contributed by atoms with Crippen molar-refractivity contribution in [3.05, 3.63) is 29.3 Å². The van der Waals surface area contributed by atoms with E-state index in [1.165, 1.54) is 11.0 Å². The van der Waals surface area contributed by atoms with Crippen LogP contribution in [-0.2, 0) is 4.79 Å². The number of carboxylic acid groups (broad SMARTS) is 1. The smallest absolute Gasteiger partial charge is 0.335 e. The number of hydrogen-bond donors (Lipinski definition) is 1. The third-order valence-electron chi connectivity index (χ3n) is 2.70. The summed E-state index contributed by atoms with van der Waals surface area (Å²) in [5, 5.41) is 8.77. The summed E-state index contributed by atoms with van der Waals surface area (Å²) < 4.78 is 0. The van der Waals surface area contributed by atoms with Crippen molar-refractivity contribution in [1.29, 1.82) is 0 Å². The molecule has 0 bridgehead atoms. The van der Waals surface area contributed by atoms with Crippen LogP contribution >= 0.6 is 11.6 Å². The minimum Gasteiger partial charge on any atom is -0.478 e. The molecule has 5 heteroatoms. The van der Waals surface area contributed by atoms with Crippen molar-refractivity contribution in [2.45, 2.75) is 18.7 Å². The summed E-state index contributed by atoms with van der Waals surface area (Å²) in [6.07, 6.45) is 0.303. The maximum Gasteiger partial charge on any atom is 0.335 e. The minimum atomic E-state index is -0.996. The highest BCUT2D eigenvalue weighted by atomic mass is 35.5. The maximum atomic E-state index is 11.7. The zero-order valence-electron chi connectivity index (χ0n) is 9.31. The van der Waals surface area contributed by atoms with E-state index in [1.807, 2.05) is 0 Å². The van der Waals surface area contributed by atoms with Crippen LogP contribution in [0.15, 0.2) is 18.2 Å². The molecule has 1 aromatic rings. The molecule has 1 atom stereocenters. The van der Waals surface area contributed by atoms with Crippen LogP contribution in [0.5, 0.6) is 0 Å². The number of anilines is 1. The van der Waals surface area contributed by atoms with Crippen LogP contribution in [0.2, 0.25) is 0 Å². The molecule has 0 aliphatic carbocycles. The third kappa shape index (κ3) is 2.42. The van der Waals surface area contributed by atoms with Gasteiger partial charge in [-0.2, -0.15) is 0 Å². The lowest BCUT2D eigenvalue weighted by atomic mass is 10.1. The fourth-order valence-corrected chi connectivity index (χ4v) is 2.23. The summed E-state index contributed by atoms with van der Waals surface area (Å²) in [6.45, 7) is 2.23. The lowest BCUT2D eigenvalue weighted by Gasteiger charge is -2.17. The molecule has 0 radical (unpaired) electrons. The Labute approximate surface area is 104 Å². The van der Waals surface area contributed by atoms with Crippen molar-refractivity contribution >= 4 is 29.2 Å². The predicted molar refractivity (Wildman–Crippen MR) is 64.7 cm³/mol. The second-order valence-corrected chi connectivity index (χ2v) is 4.79. The zero-order chi connectivity index (χ0) is 12.6. The molecule has 1 aromatic carbocycles. The number of alkyl halides is 1. The summed E-state index contributed by atoms with van der Waals surface area (Å²) in [4.78, 5) is 24.1. The van der Waals surface area contributed by atoms with Crippen LogP contribution in [0.4, 0.5) is 5.69 Å². The Morgan fingerprint density at radius 2 is 2.18 bits per heavy atom. The first-order valence-corrected chi connectivity index (χ1v) is 5.70. The van der Waals surface area contributed by atoms with Gasteiger partial charge in [0.05, 0.1) is 10.9 Å². The van der Waals surface area contributed by atoms with Gasteiger partial charge in [-0.1, -0.05) is 0 Å². The fourth-order valence-electron chi connectivity index (χ4n) is 1.96. The molecule has 1 N–H and O–H groups in total. The van der Waals surface area contributed by atoms with Crippen molar-refractivity contribution < 1.29 is 14.7 Å². The van der Waals surface area contributed by atoms with Gasteiger partial charge in [0, 0.05) is 18.7 Å². The molecule has 4 nitrogen and oxygen atoms in total. The van der Waals surface area contributed by atoms with Crippen molar-refractivity contribution in [2.24, 2.45) is 0 Å². The summed E-state index contributed by atoms with van der Waals surface area (Å²) in [7, 11) is 0. The van der Waals surface area contributed by atoms with Crippen LogP contribution in [0.1, 0.15) is 22.3 Å². The number of aromatic carboxylic acids is 1. The summed E-state index contributed by atoms with van der Waals surface area (Å²) >= 11 is 5.91. The van der Waals surface area contributed by atoms with Crippen molar-refractivity contribution in [2.75, 3.05) is 11.4 Å². The molecule has 2 rings (SSSR count). The molecule has 1 heterocycles. The monoisotopic (exact) mass is 253 g/mol. The van der Waals surface area contributed by atoms with E-state index in [0.29, 0.717) is 18.7 Å². The lowest BCUT2D eigenvalue weighted by molar-refractivity contribution is -0.117.